The number of methoxy groups -OCH3 is 1. The van der Waals surface area contributed by atoms with Gasteiger partial charge in [0.1, 0.15) is 11.5 Å². The summed E-state index contributed by atoms with van der Waals surface area (Å²) in [7, 11) is 1.43. The number of allylic oxidation sites excluding steroid dienone is 4. The molecule has 0 aromatic rings. The normalized spacial score (nSPS) is 11.2. The Labute approximate surface area is 71.7 Å². The van der Waals surface area contributed by atoms with E-state index in [9.17, 15) is 4.91 Å². The molecule has 0 aromatic carbocycles. The Balaban J connectivity index is 4.42. The van der Waals surface area contributed by atoms with Gasteiger partial charge in [0.05, 0.1) is 7.11 Å². The Morgan fingerprint density at radius 2 is 2.17 bits per heavy atom. The van der Waals surface area contributed by atoms with Crippen LogP contribution in [-0.2, 0) is 4.74 Å². The highest BCUT2D eigenvalue weighted by atomic mass is 16.5. The van der Waals surface area contributed by atoms with Gasteiger partial charge in [0.25, 0.3) is 0 Å². The molecule has 0 N–H and O–H groups in total. The number of hydrogen-bond acceptors (Lipinski definition) is 3. The van der Waals surface area contributed by atoms with Crippen molar-refractivity contribution >= 4 is 0 Å². The molecule has 0 fully saturated rings. The lowest BCUT2D eigenvalue weighted by Gasteiger charge is -1.98. The van der Waals surface area contributed by atoms with Crippen molar-refractivity contribution in [2.24, 2.45) is 5.18 Å². The van der Waals surface area contributed by atoms with Crippen LogP contribution in [0.5, 0.6) is 0 Å². The Kier molecular flexibility index (Phi) is 5.26. The highest BCUT2D eigenvalue weighted by Crippen LogP contribution is 2.08. The van der Waals surface area contributed by atoms with Crippen LogP contribution in [0.2, 0.25) is 0 Å². The monoisotopic (exact) mass is 165 g/mol. The third kappa shape index (κ3) is 3.51. The summed E-state index contributed by atoms with van der Waals surface area (Å²) < 4.78 is 4.72. The van der Waals surface area contributed by atoms with Crippen molar-refractivity contribution in [3.05, 3.63) is 53.8 Å². The molecule has 0 atom stereocenters. The molecule has 0 spiro atoms. The fraction of sp³-hybridized carbons (Fsp3) is 0.111. The van der Waals surface area contributed by atoms with E-state index in [2.05, 4.69) is 18.3 Å². The predicted molar refractivity (Wildman–Crippen MR) is 49.4 cm³/mol. The first-order chi connectivity index (χ1) is 5.76. The van der Waals surface area contributed by atoms with Crippen LogP contribution in [0.1, 0.15) is 0 Å². The summed E-state index contributed by atoms with van der Waals surface area (Å²) in [5.41, 5.74) is 0.176. The fourth-order valence-corrected chi connectivity index (χ4v) is 0.504. The molecular formula is C9H11NO2. The second-order valence-electron chi connectivity index (χ2n) is 1.89. The first kappa shape index (κ1) is 10.4. The largest absolute Gasteiger partial charge is 0.495 e. The van der Waals surface area contributed by atoms with E-state index in [1.807, 2.05) is 0 Å². The van der Waals surface area contributed by atoms with E-state index in [1.165, 1.54) is 13.2 Å². The summed E-state index contributed by atoms with van der Waals surface area (Å²) in [6, 6.07) is 0. The summed E-state index contributed by atoms with van der Waals surface area (Å²) in [6.45, 7) is 6.95. The van der Waals surface area contributed by atoms with Gasteiger partial charge in [-0.1, -0.05) is 31.4 Å². The van der Waals surface area contributed by atoms with E-state index in [4.69, 9.17) is 4.74 Å². The first-order valence-corrected chi connectivity index (χ1v) is 3.32. The molecule has 3 heteroatoms. The van der Waals surface area contributed by atoms with Gasteiger partial charge in [-0.3, -0.25) is 0 Å². The minimum absolute atomic E-state index is 0.176. The number of rotatable bonds is 5. The molecule has 0 aromatic heterocycles. The summed E-state index contributed by atoms with van der Waals surface area (Å²) >= 11 is 0. The number of nitroso groups, excluding NO2 is 1. The van der Waals surface area contributed by atoms with Gasteiger partial charge in [0, 0.05) is 0 Å². The van der Waals surface area contributed by atoms with Crippen LogP contribution in [0, 0.1) is 4.91 Å². The second-order valence-corrected chi connectivity index (χ2v) is 1.89. The number of nitrogens with zero attached hydrogens (tertiary/aromatic N) is 1. The minimum Gasteiger partial charge on any atom is -0.495 e. The highest BCUT2D eigenvalue weighted by Gasteiger charge is 1.99. The molecule has 0 heterocycles. The molecule has 0 saturated heterocycles. The molecule has 0 radical (unpaired) electrons. The van der Waals surface area contributed by atoms with E-state index < -0.39 is 0 Å². The SMILES string of the molecule is C=C/C=C/C=C(/N=O)C(=C)OC. The maximum atomic E-state index is 10.2. The maximum Gasteiger partial charge on any atom is 0.149 e. The molecule has 0 rings (SSSR count). The van der Waals surface area contributed by atoms with Crippen LogP contribution in [0.4, 0.5) is 0 Å². The second kappa shape index (κ2) is 6.09. The van der Waals surface area contributed by atoms with Crippen molar-refractivity contribution in [3.8, 4) is 0 Å². The van der Waals surface area contributed by atoms with Crippen LogP contribution in [0.15, 0.2) is 54.1 Å². The summed E-state index contributed by atoms with van der Waals surface area (Å²) in [4.78, 5) is 10.2. The average Bonchev–Trinajstić information content (AvgIpc) is 2.11. The molecule has 12 heavy (non-hydrogen) atoms. The van der Waals surface area contributed by atoms with Crippen LogP contribution in [-0.4, -0.2) is 7.11 Å². The van der Waals surface area contributed by atoms with E-state index in [1.54, 1.807) is 18.2 Å². The zero-order chi connectivity index (χ0) is 9.40. The first-order valence-electron chi connectivity index (χ1n) is 3.32. The lowest BCUT2D eigenvalue weighted by atomic mass is 10.3. The maximum absolute atomic E-state index is 10.2. The summed E-state index contributed by atoms with van der Waals surface area (Å²) in [6.07, 6.45) is 6.40. The zero-order valence-corrected chi connectivity index (χ0v) is 6.99. The van der Waals surface area contributed by atoms with Crippen molar-refractivity contribution in [1.29, 1.82) is 0 Å². The van der Waals surface area contributed by atoms with Gasteiger partial charge in [-0.05, 0) is 11.3 Å². The molecule has 0 aliphatic rings. The Bertz CT molecular complexity index is 239. The topological polar surface area (TPSA) is 38.7 Å². The standard InChI is InChI=1S/C9H11NO2/c1-4-5-6-7-9(10-11)8(2)12-3/h4-7H,1-2H2,3H3/b6-5+,9-7+. The third-order valence-electron chi connectivity index (χ3n) is 1.13. The predicted octanol–water partition coefficient (Wildman–Crippen LogP) is 2.54. The zero-order valence-electron chi connectivity index (χ0n) is 6.99. The van der Waals surface area contributed by atoms with Gasteiger partial charge in [-0.25, -0.2) is 0 Å². The molecule has 64 valence electrons. The van der Waals surface area contributed by atoms with Gasteiger partial charge in [0.15, 0.2) is 0 Å². The minimum atomic E-state index is 0.176. The lowest BCUT2D eigenvalue weighted by molar-refractivity contribution is 0.302. The molecular weight excluding hydrogens is 154 g/mol. The summed E-state index contributed by atoms with van der Waals surface area (Å²) in [5.74, 6) is 0.249. The number of hydrogen-bond donors (Lipinski definition) is 0. The molecule has 0 bridgehead atoms. The van der Waals surface area contributed by atoms with Crippen LogP contribution >= 0.6 is 0 Å². The Hall–Kier alpha value is -1.64. The summed E-state index contributed by atoms with van der Waals surface area (Å²) in [5, 5.41) is 2.73. The molecule has 0 aliphatic carbocycles. The van der Waals surface area contributed by atoms with Crippen molar-refractivity contribution in [3.63, 3.8) is 0 Å². The van der Waals surface area contributed by atoms with Crippen LogP contribution in [0.3, 0.4) is 0 Å². The van der Waals surface area contributed by atoms with E-state index in [0.29, 0.717) is 0 Å². The Morgan fingerprint density at radius 3 is 2.58 bits per heavy atom. The van der Waals surface area contributed by atoms with Gasteiger partial charge in [0.2, 0.25) is 0 Å². The third-order valence-corrected chi connectivity index (χ3v) is 1.13. The van der Waals surface area contributed by atoms with E-state index in [-0.39, 0.29) is 11.5 Å². The smallest absolute Gasteiger partial charge is 0.149 e. The Morgan fingerprint density at radius 1 is 1.50 bits per heavy atom. The van der Waals surface area contributed by atoms with Gasteiger partial charge in [-0.2, -0.15) is 0 Å². The molecule has 0 unspecified atom stereocenters. The molecule has 0 aliphatic heterocycles. The van der Waals surface area contributed by atoms with Crippen LogP contribution in [0.25, 0.3) is 0 Å². The van der Waals surface area contributed by atoms with Gasteiger partial charge in [-0.15, -0.1) is 4.91 Å². The van der Waals surface area contributed by atoms with E-state index in [0.717, 1.165) is 0 Å². The van der Waals surface area contributed by atoms with Crippen LogP contribution < -0.4 is 0 Å². The van der Waals surface area contributed by atoms with Gasteiger partial charge < -0.3 is 4.74 Å². The van der Waals surface area contributed by atoms with Crippen molar-refractivity contribution in [1.82, 2.24) is 0 Å². The molecule has 0 saturated carbocycles. The number of ether oxygens (including phenoxy) is 1. The average molecular weight is 165 g/mol. The molecule has 0 amide bonds. The van der Waals surface area contributed by atoms with E-state index >= 15 is 0 Å². The molecule has 3 nitrogen and oxygen atoms in total. The van der Waals surface area contributed by atoms with Crippen molar-refractivity contribution in [2.75, 3.05) is 7.11 Å². The lowest BCUT2D eigenvalue weighted by Crippen LogP contribution is -1.85. The fourth-order valence-electron chi connectivity index (χ4n) is 0.504. The highest BCUT2D eigenvalue weighted by molar-refractivity contribution is 5.26. The quantitative estimate of drug-likeness (QED) is 0.356. The van der Waals surface area contributed by atoms with Crippen molar-refractivity contribution in [2.45, 2.75) is 0 Å². The van der Waals surface area contributed by atoms with Gasteiger partial charge >= 0.3 is 0 Å². The van der Waals surface area contributed by atoms with Crippen molar-refractivity contribution < 1.29 is 4.74 Å².